The molecule has 0 amide bonds. The van der Waals surface area contributed by atoms with Gasteiger partial charge in [0, 0.05) is 17.4 Å². The fraction of sp³-hybridized carbons (Fsp3) is 0.308. The first-order valence-corrected chi connectivity index (χ1v) is 6.67. The van der Waals surface area contributed by atoms with E-state index in [4.69, 9.17) is 9.84 Å². The van der Waals surface area contributed by atoms with Gasteiger partial charge < -0.3 is 9.84 Å². The zero-order chi connectivity index (χ0) is 12.7. The molecule has 1 aromatic rings. The van der Waals surface area contributed by atoms with E-state index in [0.717, 1.165) is 28.7 Å². The highest BCUT2D eigenvalue weighted by Gasteiger charge is 2.04. The standard InChI is InChI=1S/C13H16O3S/c1-10-4-3-5-11(6-7-12(14)15)13(10)16-8-9-17-2/h3-7H,8-9H2,1-2H3,(H,14,15)/b7-6+. The third kappa shape index (κ3) is 4.53. The molecule has 0 aliphatic carbocycles. The summed E-state index contributed by atoms with van der Waals surface area (Å²) in [5.74, 6) is 0.719. The third-order valence-electron chi connectivity index (χ3n) is 2.18. The first-order chi connectivity index (χ1) is 8.15. The lowest BCUT2D eigenvalue weighted by molar-refractivity contribution is -0.131. The van der Waals surface area contributed by atoms with Crippen LogP contribution in [-0.2, 0) is 4.79 Å². The number of rotatable bonds is 6. The van der Waals surface area contributed by atoms with Gasteiger partial charge in [0.05, 0.1) is 6.61 Å². The van der Waals surface area contributed by atoms with Gasteiger partial charge in [-0.2, -0.15) is 11.8 Å². The number of hydrogen-bond acceptors (Lipinski definition) is 3. The maximum absolute atomic E-state index is 10.5. The van der Waals surface area contributed by atoms with Gasteiger partial charge in [0.2, 0.25) is 0 Å². The molecule has 17 heavy (non-hydrogen) atoms. The molecule has 1 aromatic carbocycles. The summed E-state index contributed by atoms with van der Waals surface area (Å²) in [4.78, 5) is 10.5. The number of carboxylic acid groups (broad SMARTS) is 1. The smallest absolute Gasteiger partial charge is 0.328 e. The number of para-hydroxylation sites is 1. The van der Waals surface area contributed by atoms with Crippen LogP contribution in [0, 0.1) is 6.92 Å². The van der Waals surface area contributed by atoms with Crippen molar-refractivity contribution in [2.75, 3.05) is 18.6 Å². The second-order valence-electron chi connectivity index (χ2n) is 3.51. The zero-order valence-corrected chi connectivity index (χ0v) is 10.8. The molecule has 0 bridgehead atoms. The highest BCUT2D eigenvalue weighted by atomic mass is 32.2. The van der Waals surface area contributed by atoms with Crippen molar-refractivity contribution >= 4 is 23.8 Å². The van der Waals surface area contributed by atoms with Gasteiger partial charge >= 0.3 is 5.97 Å². The van der Waals surface area contributed by atoms with Gasteiger partial charge in [0.15, 0.2) is 0 Å². The van der Waals surface area contributed by atoms with Crippen LogP contribution in [0.1, 0.15) is 11.1 Å². The van der Waals surface area contributed by atoms with Crippen molar-refractivity contribution in [1.29, 1.82) is 0 Å². The second-order valence-corrected chi connectivity index (χ2v) is 4.49. The summed E-state index contributed by atoms with van der Waals surface area (Å²) in [5, 5.41) is 8.62. The molecule has 1 N–H and O–H groups in total. The minimum atomic E-state index is -0.957. The van der Waals surface area contributed by atoms with Gasteiger partial charge in [-0.3, -0.25) is 0 Å². The summed E-state index contributed by atoms with van der Waals surface area (Å²) >= 11 is 1.71. The van der Waals surface area contributed by atoms with Crippen molar-refractivity contribution in [3.63, 3.8) is 0 Å². The number of carboxylic acids is 1. The summed E-state index contributed by atoms with van der Waals surface area (Å²) in [6.45, 7) is 2.58. The molecule has 0 aromatic heterocycles. The van der Waals surface area contributed by atoms with Crippen LogP contribution in [0.25, 0.3) is 6.08 Å². The summed E-state index contributed by atoms with van der Waals surface area (Å²) in [5.41, 5.74) is 1.81. The summed E-state index contributed by atoms with van der Waals surface area (Å²) in [6, 6.07) is 5.69. The molecular weight excluding hydrogens is 236 g/mol. The quantitative estimate of drug-likeness (QED) is 0.624. The van der Waals surface area contributed by atoms with E-state index in [2.05, 4.69) is 0 Å². The molecule has 0 atom stereocenters. The number of thioether (sulfide) groups is 1. The summed E-state index contributed by atoms with van der Waals surface area (Å²) < 4.78 is 5.68. The molecule has 0 fully saturated rings. The van der Waals surface area contributed by atoms with E-state index in [1.165, 1.54) is 0 Å². The lowest BCUT2D eigenvalue weighted by atomic mass is 10.1. The lowest BCUT2D eigenvalue weighted by Crippen LogP contribution is -2.02. The molecular formula is C13H16O3S. The molecule has 0 spiro atoms. The van der Waals surface area contributed by atoms with Gasteiger partial charge in [0.1, 0.15) is 5.75 Å². The van der Waals surface area contributed by atoms with E-state index in [1.54, 1.807) is 17.8 Å². The van der Waals surface area contributed by atoms with Crippen molar-refractivity contribution in [3.05, 3.63) is 35.4 Å². The topological polar surface area (TPSA) is 46.5 Å². The summed E-state index contributed by atoms with van der Waals surface area (Å²) in [7, 11) is 0. The molecule has 4 heteroatoms. The van der Waals surface area contributed by atoms with Crippen LogP contribution >= 0.6 is 11.8 Å². The normalized spacial score (nSPS) is 10.7. The van der Waals surface area contributed by atoms with Gasteiger partial charge in [-0.15, -0.1) is 0 Å². The van der Waals surface area contributed by atoms with Crippen LogP contribution in [-0.4, -0.2) is 29.7 Å². The Labute approximate surface area is 105 Å². The predicted molar refractivity (Wildman–Crippen MR) is 71.7 cm³/mol. The molecule has 0 saturated heterocycles. The number of benzene rings is 1. The van der Waals surface area contributed by atoms with Gasteiger partial charge in [0.25, 0.3) is 0 Å². The van der Waals surface area contributed by atoms with E-state index >= 15 is 0 Å². The zero-order valence-electron chi connectivity index (χ0n) is 9.97. The van der Waals surface area contributed by atoms with Crippen LogP contribution in [0.2, 0.25) is 0 Å². The van der Waals surface area contributed by atoms with Gasteiger partial charge in [-0.05, 0) is 24.8 Å². The van der Waals surface area contributed by atoms with E-state index < -0.39 is 5.97 Å². The monoisotopic (exact) mass is 252 g/mol. The Hall–Kier alpha value is -1.42. The Morgan fingerprint density at radius 2 is 2.29 bits per heavy atom. The number of aryl methyl sites for hydroxylation is 1. The Kier molecular flexibility index (Phi) is 5.63. The third-order valence-corrected chi connectivity index (χ3v) is 2.76. The Morgan fingerprint density at radius 1 is 1.53 bits per heavy atom. The van der Waals surface area contributed by atoms with Crippen LogP contribution in [0.4, 0.5) is 0 Å². The van der Waals surface area contributed by atoms with Crippen LogP contribution < -0.4 is 4.74 Å². The van der Waals surface area contributed by atoms with E-state index in [9.17, 15) is 4.79 Å². The molecule has 0 heterocycles. The SMILES string of the molecule is CSCCOc1c(C)cccc1/C=C/C(=O)O. The lowest BCUT2D eigenvalue weighted by Gasteiger charge is -2.11. The fourth-order valence-corrected chi connectivity index (χ4v) is 1.64. The molecule has 0 unspecified atom stereocenters. The van der Waals surface area contributed by atoms with Crippen molar-refractivity contribution in [3.8, 4) is 5.75 Å². The largest absolute Gasteiger partial charge is 0.492 e. The molecule has 3 nitrogen and oxygen atoms in total. The minimum Gasteiger partial charge on any atom is -0.492 e. The fourth-order valence-electron chi connectivity index (χ4n) is 1.39. The van der Waals surface area contributed by atoms with Crippen molar-refractivity contribution in [2.24, 2.45) is 0 Å². The van der Waals surface area contributed by atoms with Crippen LogP contribution in [0.3, 0.4) is 0 Å². The first kappa shape index (κ1) is 13.6. The maximum atomic E-state index is 10.5. The van der Waals surface area contributed by atoms with Crippen molar-refractivity contribution in [1.82, 2.24) is 0 Å². The number of ether oxygens (including phenoxy) is 1. The molecule has 1 rings (SSSR count). The van der Waals surface area contributed by atoms with Crippen molar-refractivity contribution < 1.29 is 14.6 Å². The predicted octanol–water partition coefficient (Wildman–Crippen LogP) is 2.83. The van der Waals surface area contributed by atoms with Crippen LogP contribution in [0.5, 0.6) is 5.75 Å². The molecule has 0 saturated carbocycles. The second kappa shape index (κ2) is 7.01. The van der Waals surface area contributed by atoms with Crippen molar-refractivity contribution in [2.45, 2.75) is 6.92 Å². The highest BCUT2D eigenvalue weighted by molar-refractivity contribution is 7.98. The van der Waals surface area contributed by atoms with E-state index in [-0.39, 0.29) is 0 Å². The Balaban J connectivity index is 2.87. The van der Waals surface area contributed by atoms with E-state index in [1.807, 2.05) is 31.4 Å². The first-order valence-electron chi connectivity index (χ1n) is 5.27. The summed E-state index contributed by atoms with van der Waals surface area (Å²) in [6.07, 6.45) is 4.70. The van der Waals surface area contributed by atoms with Crippen LogP contribution in [0.15, 0.2) is 24.3 Å². The average molecular weight is 252 g/mol. The number of carbonyl (C=O) groups is 1. The molecule has 92 valence electrons. The van der Waals surface area contributed by atoms with Gasteiger partial charge in [-0.1, -0.05) is 18.2 Å². The van der Waals surface area contributed by atoms with Gasteiger partial charge in [-0.25, -0.2) is 4.79 Å². The average Bonchev–Trinajstić information content (AvgIpc) is 2.29. The molecule has 0 radical (unpaired) electrons. The molecule has 0 aliphatic heterocycles. The number of hydrogen-bond donors (Lipinski definition) is 1. The number of aliphatic carboxylic acids is 1. The molecule has 0 aliphatic rings. The Bertz CT molecular complexity index is 413. The minimum absolute atomic E-state index is 0.625. The van der Waals surface area contributed by atoms with E-state index in [0.29, 0.717) is 6.61 Å². The Morgan fingerprint density at radius 3 is 2.94 bits per heavy atom. The highest BCUT2D eigenvalue weighted by Crippen LogP contribution is 2.24. The maximum Gasteiger partial charge on any atom is 0.328 e.